The second-order valence-corrected chi connectivity index (χ2v) is 7.33. The Kier molecular flexibility index (Phi) is 4.71. The molecule has 11 heteroatoms. The average molecular weight is 406 g/mol. The topological polar surface area (TPSA) is 112 Å². The summed E-state index contributed by atoms with van der Waals surface area (Å²) < 4.78 is 8.86. The predicted molar refractivity (Wildman–Crippen MR) is 110 cm³/mol. The molecule has 1 N–H and O–H groups in total. The summed E-state index contributed by atoms with van der Waals surface area (Å²) in [5, 5.41) is 16.1. The quantitative estimate of drug-likeness (QED) is 0.530. The maximum atomic E-state index is 5.20. The molecule has 0 aliphatic carbocycles. The van der Waals surface area contributed by atoms with E-state index in [-0.39, 0.29) is 0 Å². The first-order valence-corrected chi connectivity index (χ1v) is 9.78. The van der Waals surface area contributed by atoms with Gasteiger partial charge in [0, 0.05) is 18.5 Å². The van der Waals surface area contributed by atoms with Gasteiger partial charge in [0.1, 0.15) is 0 Å². The Hall–Kier alpha value is -3.60. The Balaban J connectivity index is 1.39. The molecule has 0 amide bonds. The number of methoxy groups -OCH3 is 1. The lowest BCUT2D eigenvalue weighted by atomic mass is 10.1. The third kappa shape index (κ3) is 3.54. The van der Waals surface area contributed by atoms with E-state index < -0.39 is 0 Å². The predicted octanol–water partition coefficient (Wildman–Crippen LogP) is 1.82. The van der Waals surface area contributed by atoms with Crippen molar-refractivity contribution in [3.05, 3.63) is 36.9 Å². The summed E-state index contributed by atoms with van der Waals surface area (Å²) in [7, 11) is 3.73. The number of anilines is 2. The molecule has 0 unspecified atom stereocenters. The van der Waals surface area contributed by atoms with E-state index in [1.165, 1.54) is 0 Å². The number of pyridine rings is 1. The number of likely N-dealkylation sites (tertiary alicyclic amines) is 1. The highest BCUT2D eigenvalue weighted by molar-refractivity contribution is 5.72. The number of aromatic nitrogens is 8. The molecule has 0 saturated carbocycles. The summed E-state index contributed by atoms with van der Waals surface area (Å²) in [5.41, 5.74) is 2.78. The minimum absolute atomic E-state index is 0.424. The fraction of sp³-hybridized carbons (Fsp3) is 0.368. The van der Waals surface area contributed by atoms with E-state index in [2.05, 4.69) is 47.6 Å². The highest BCUT2D eigenvalue weighted by atomic mass is 16.5. The van der Waals surface area contributed by atoms with E-state index in [1.807, 2.05) is 16.9 Å². The first-order valence-electron chi connectivity index (χ1n) is 9.78. The van der Waals surface area contributed by atoms with E-state index in [4.69, 9.17) is 4.74 Å². The molecule has 0 spiro atoms. The van der Waals surface area contributed by atoms with Crippen LogP contribution in [-0.4, -0.2) is 71.9 Å². The minimum Gasteiger partial charge on any atom is -0.481 e. The molecule has 4 aromatic rings. The molecule has 154 valence electrons. The number of ether oxygens (including phenoxy) is 1. The zero-order chi connectivity index (χ0) is 20.5. The average Bonchev–Trinajstić information content (AvgIpc) is 3.41. The maximum Gasteiger partial charge on any atom is 0.229 e. The number of hydrogen-bond acceptors (Lipinski definition) is 9. The van der Waals surface area contributed by atoms with Gasteiger partial charge in [-0.05, 0) is 39.0 Å². The number of rotatable bonds is 5. The fourth-order valence-electron chi connectivity index (χ4n) is 3.60. The van der Waals surface area contributed by atoms with Crippen LogP contribution >= 0.6 is 0 Å². The zero-order valence-corrected chi connectivity index (χ0v) is 16.8. The van der Waals surface area contributed by atoms with Crippen LogP contribution in [0.25, 0.3) is 16.9 Å². The Labute approximate surface area is 172 Å². The van der Waals surface area contributed by atoms with Gasteiger partial charge in [-0.1, -0.05) is 5.21 Å². The Bertz CT molecular complexity index is 1160. The van der Waals surface area contributed by atoms with Gasteiger partial charge in [-0.15, -0.1) is 5.10 Å². The van der Waals surface area contributed by atoms with Crippen LogP contribution in [0.4, 0.5) is 11.6 Å². The largest absolute Gasteiger partial charge is 0.481 e. The van der Waals surface area contributed by atoms with Gasteiger partial charge < -0.3 is 15.0 Å². The van der Waals surface area contributed by atoms with Crippen molar-refractivity contribution in [2.24, 2.45) is 0 Å². The third-order valence-corrected chi connectivity index (χ3v) is 5.28. The van der Waals surface area contributed by atoms with Crippen molar-refractivity contribution < 1.29 is 4.74 Å². The first kappa shape index (κ1) is 18.4. The molecular formula is C19H22N10O. The van der Waals surface area contributed by atoms with Crippen molar-refractivity contribution in [3.63, 3.8) is 0 Å². The number of fused-ring (bicyclic) bond motifs is 1. The summed E-state index contributed by atoms with van der Waals surface area (Å²) in [6.45, 7) is 2.17. The van der Waals surface area contributed by atoms with Crippen molar-refractivity contribution in [1.82, 2.24) is 44.6 Å². The van der Waals surface area contributed by atoms with Gasteiger partial charge in [0.25, 0.3) is 0 Å². The van der Waals surface area contributed by atoms with Gasteiger partial charge in [-0.25, -0.2) is 9.97 Å². The number of piperidine rings is 1. The summed E-state index contributed by atoms with van der Waals surface area (Å²) >= 11 is 0. The zero-order valence-electron chi connectivity index (χ0n) is 16.8. The van der Waals surface area contributed by atoms with Crippen LogP contribution < -0.4 is 10.1 Å². The van der Waals surface area contributed by atoms with Gasteiger partial charge in [-0.3, -0.25) is 4.68 Å². The van der Waals surface area contributed by atoms with Crippen molar-refractivity contribution in [2.45, 2.75) is 18.9 Å². The lowest BCUT2D eigenvalue weighted by molar-refractivity contribution is 0.212. The smallest absolute Gasteiger partial charge is 0.229 e. The minimum atomic E-state index is 0.424. The molecule has 0 aromatic carbocycles. The van der Waals surface area contributed by atoms with Gasteiger partial charge in [0.2, 0.25) is 11.8 Å². The van der Waals surface area contributed by atoms with Crippen molar-refractivity contribution in [1.29, 1.82) is 0 Å². The normalized spacial score (nSPS) is 15.5. The lowest BCUT2D eigenvalue weighted by Gasteiger charge is -2.28. The fourth-order valence-corrected chi connectivity index (χ4v) is 3.60. The molecule has 30 heavy (non-hydrogen) atoms. The van der Waals surface area contributed by atoms with Gasteiger partial charge >= 0.3 is 0 Å². The van der Waals surface area contributed by atoms with E-state index in [1.54, 1.807) is 36.4 Å². The van der Waals surface area contributed by atoms with Crippen LogP contribution in [0.2, 0.25) is 0 Å². The van der Waals surface area contributed by atoms with Crippen LogP contribution in [0.1, 0.15) is 18.9 Å². The summed E-state index contributed by atoms with van der Waals surface area (Å²) in [5.74, 6) is 0.944. The van der Waals surface area contributed by atoms with Crippen LogP contribution in [0, 0.1) is 0 Å². The molecule has 0 atom stereocenters. The van der Waals surface area contributed by atoms with Gasteiger partial charge in [0.15, 0.2) is 11.2 Å². The Morgan fingerprint density at radius 2 is 2.03 bits per heavy atom. The van der Waals surface area contributed by atoms with Crippen LogP contribution in [0.3, 0.4) is 0 Å². The Morgan fingerprint density at radius 3 is 2.87 bits per heavy atom. The lowest BCUT2D eigenvalue weighted by Crippen LogP contribution is -2.31. The highest BCUT2D eigenvalue weighted by Gasteiger charge is 2.19. The molecular weight excluding hydrogens is 384 g/mol. The molecule has 0 radical (unpaired) electrons. The molecule has 1 saturated heterocycles. The molecule has 0 bridgehead atoms. The third-order valence-electron chi connectivity index (χ3n) is 5.28. The summed E-state index contributed by atoms with van der Waals surface area (Å²) in [6, 6.07) is 4.01. The molecule has 4 aromatic heterocycles. The van der Waals surface area contributed by atoms with E-state index >= 15 is 0 Å². The second kappa shape index (κ2) is 7.67. The van der Waals surface area contributed by atoms with Crippen molar-refractivity contribution in [3.8, 4) is 11.6 Å². The molecule has 5 rings (SSSR count). The van der Waals surface area contributed by atoms with E-state index in [9.17, 15) is 0 Å². The van der Waals surface area contributed by atoms with Gasteiger partial charge in [-0.2, -0.15) is 14.8 Å². The summed E-state index contributed by atoms with van der Waals surface area (Å²) in [6.07, 6.45) is 9.30. The van der Waals surface area contributed by atoms with E-state index in [0.717, 1.165) is 37.3 Å². The molecule has 1 aliphatic rings. The number of nitrogens with one attached hydrogen (secondary N) is 1. The molecule has 1 aliphatic heterocycles. The van der Waals surface area contributed by atoms with Crippen LogP contribution in [0.15, 0.2) is 36.9 Å². The Morgan fingerprint density at radius 1 is 1.17 bits per heavy atom. The SMILES string of the molecule is COc1cc(-n2nnc3cnc(Nc4cnn(C5CCN(C)CC5)c4)nc32)ccn1. The summed E-state index contributed by atoms with van der Waals surface area (Å²) in [4.78, 5) is 15.4. The van der Waals surface area contributed by atoms with Crippen molar-refractivity contribution >= 4 is 22.8 Å². The number of hydrogen-bond donors (Lipinski definition) is 1. The standard InChI is InChI=1S/C19H22N10O/c1-27-7-4-14(5-8-27)28-12-13(10-22-28)23-19-21-11-16-18(24-19)29(26-25-16)15-3-6-20-17(9-15)30-2/h3,6,9-12,14H,4-5,7-8H2,1-2H3,(H,21,23,24). The first-order chi connectivity index (χ1) is 14.7. The van der Waals surface area contributed by atoms with Gasteiger partial charge in [0.05, 0.1) is 36.9 Å². The maximum absolute atomic E-state index is 5.20. The second-order valence-electron chi connectivity index (χ2n) is 7.33. The molecule has 1 fully saturated rings. The number of nitrogens with zero attached hydrogens (tertiary/aromatic N) is 9. The van der Waals surface area contributed by atoms with E-state index in [0.29, 0.717) is 29.0 Å². The monoisotopic (exact) mass is 406 g/mol. The molecule has 5 heterocycles. The molecule has 11 nitrogen and oxygen atoms in total. The van der Waals surface area contributed by atoms with Crippen LogP contribution in [-0.2, 0) is 0 Å². The highest BCUT2D eigenvalue weighted by Crippen LogP contribution is 2.24. The van der Waals surface area contributed by atoms with Crippen molar-refractivity contribution in [2.75, 3.05) is 32.6 Å². The van der Waals surface area contributed by atoms with Crippen LogP contribution in [0.5, 0.6) is 5.88 Å².